The van der Waals surface area contributed by atoms with E-state index in [0.717, 1.165) is 17.7 Å². The summed E-state index contributed by atoms with van der Waals surface area (Å²) in [6.07, 6.45) is 5.43. The lowest BCUT2D eigenvalue weighted by Gasteiger charge is -2.03. The molecule has 1 aliphatic rings. The molecule has 0 radical (unpaired) electrons. The fraction of sp³-hybridized carbons (Fsp3) is 0.333. The van der Waals surface area contributed by atoms with Crippen LogP contribution in [0.3, 0.4) is 0 Å². The molecule has 2 rings (SSSR count). The van der Waals surface area contributed by atoms with Gasteiger partial charge in [-0.25, -0.2) is 4.79 Å². The van der Waals surface area contributed by atoms with Gasteiger partial charge in [0.25, 0.3) is 0 Å². The first-order valence-corrected chi connectivity index (χ1v) is 4.13. The normalized spacial score (nSPS) is 14.2. The van der Waals surface area contributed by atoms with Crippen LogP contribution in [0.15, 0.2) is 12.2 Å². The Labute approximate surface area is 75.5 Å². The highest BCUT2D eigenvalue weighted by atomic mass is 16.4. The Morgan fingerprint density at radius 1 is 1.54 bits per heavy atom. The Kier molecular flexibility index (Phi) is 1.69. The molecule has 1 heterocycles. The number of aromatic carboxylic acids is 1. The molecule has 0 bridgehead atoms. The van der Waals surface area contributed by atoms with E-state index in [4.69, 9.17) is 5.11 Å². The van der Waals surface area contributed by atoms with Gasteiger partial charge in [-0.15, -0.1) is 0 Å². The number of aromatic nitrogens is 2. The lowest BCUT2D eigenvalue weighted by Crippen LogP contribution is -2.08. The lowest BCUT2D eigenvalue weighted by molar-refractivity contribution is 0.0684. The third-order valence-corrected chi connectivity index (χ3v) is 2.23. The predicted molar refractivity (Wildman–Crippen MR) is 46.7 cm³/mol. The van der Waals surface area contributed by atoms with E-state index >= 15 is 0 Å². The summed E-state index contributed by atoms with van der Waals surface area (Å²) in [5.41, 5.74) is 2.07. The summed E-state index contributed by atoms with van der Waals surface area (Å²) in [6.45, 7) is 0. The molecule has 0 saturated heterocycles. The van der Waals surface area contributed by atoms with Crippen molar-refractivity contribution < 1.29 is 9.90 Å². The Hall–Kier alpha value is -1.58. The molecule has 0 saturated carbocycles. The number of allylic oxidation sites excluding steroid dienone is 2. The molecule has 0 amide bonds. The number of rotatable bonds is 1. The molecule has 0 spiro atoms. The van der Waals surface area contributed by atoms with Crippen molar-refractivity contribution in [3.05, 3.63) is 29.1 Å². The van der Waals surface area contributed by atoms with E-state index in [-0.39, 0.29) is 0 Å². The monoisotopic (exact) mass is 178 g/mol. The van der Waals surface area contributed by atoms with Gasteiger partial charge in [-0.3, -0.25) is 4.68 Å². The van der Waals surface area contributed by atoms with Crippen molar-refractivity contribution in [1.29, 1.82) is 0 Å². The number of nitrogens with zero attached hydrogens (tertiary/aromatic N) is 2. The summed E-state index contributed by atoms with van der Waals surface area (Å²) in [4.78, 5) is 10.9. The van der Waals surface area contributed by atoms with E-state index in [0.29, 0.717) is 12.1 Å². The van der Waals surface area contributed by atoms with Crippen molar-refractivity contribution in [2.45, 2.75) is 12.8 Å². The quantitative estimate of drug-likeness (QED) is 0.646. The van der Waals surface area contributed by atoms with E-state index in [9.17, 15) is 4.79 Å². The first-order chi connectivity index (χ1) is 6.20. The Balaban J connectivity index is 2.57. The number of hydrogen-bond donors (Lipinski definition) is 1. The first kappa shape index (κ1) is 8.04. The summed E-state index contributed by atoms with van der Waals surface area (Å²) in [6, 6.07) is 0. The van der Waals surface area contributed by atoms with Gasteiger partial charge < -0.3 is 5.11 Å². The zero-order valence-electron chi connectivity index (χ0n) is 7.32. The summed E-state index contributed by atoms with van der Waals surface area (Å²) >= 11 is 0. The van der Waals surface area contributed by atoms with E-state index in [2.05, 4.69) is 5.10 Å². The van der Waals surface area contributed by atoms with Crippen molar-refractivity contribution in [2.75, 3.05) is 0 Å². The standard InChI is InChI=1S/C9H10N2O2/c1-11-8(9(12)13)6-4-2-3-5-7(6)10-11/h2-3H,4-5H2,1H3,(H,12,13). The minimum atomic E-state index is -0.897. The van der Waals surface area contributed by atoms with Gasteiger partial charge in [-0.2, -0.15) is 5.10 Å². The molecular formula is C9H10N2O2. The zero-order chi connectivity index (χ0) is 9.42. The first-order valence-electron chi connectivity index (χ1n) is 4.13. The van der Waals surface area contributed by atoms with Crippen LogP contribution < -0.4 is 0 Å². The molecule has 1 aliphatic carbocycles. The average Bonchev–Trinajstić information content (AvgIpc) is 2.39. The van der Waals surface area contributed by atoms with Gasteiger partial charge in [0, 0.05) is 19.0 Å². The summed E-state index contributed by atoms with van der Waals surface area (Å²) in [7, 11) is 1.67. The van der Waals surface area contributed by atoms with Gasteiger partial charge >= 0.3 is 5.97 Å². The van der Waals surface area contributed by atoms with Crippen molar-refractivity contribution in [3.8, 4) is 0 Å². The maximum atomic E-state index is 10.9. The van der Waals surface area contributed by atoms with Crippen LogP contribution in [-0.2, 0) is 19.9 Å². The lowest BCUT2D eigenvalue weighted by atomic mass is 10.0. The maximum absolute atomic E-state index is 10.9. The number of carboxylic acid groups (broad SMARTS) is 1. The highest BCUT2D eigenvalue weighted by molar-refractivity contribution is 5.88. The molecule has 4 heteroatoms. The number of hydrogen-bond acceptors (Lipinski definition) is 2. The molecule has 1 aromatic heterocycles. The summed E-state index contributed by atoms with van der Waals surface area (Å²) < 4.78 is 1.44. The van der Waals surface area contributed by atoms with E-state index < -0.39 is 5.97 Å². The molecule has 0 fully saturated rings. The predicted octanol–water partition coefficient (Wildman–Crippen LogP) is 0.773. The molecule has 0 atom stereocenters. The van der Waals surface area contributed by atoms with Crippen LogP contribution in [0.2, 0.25) is 0 Å². The minimum absolute atomic E-state index is 0.319. The molecule has 1 aromatic rings. The van der Waals surface area contributed by atoms with Gasteiger partial charge in [0.15, 0.2) is 0 Å². The fourth-order valence-electron chi connectivity index (χ4n) is 1.67. The molecular weight excluding hydrogens is 168 g/mol. The molecule has 1 N–H and O–H groups in total. The van der Waals surface area contributed by atoms with Crippen molar-refractivity contribution in [2.24, 2.45) is 7.05 Å². The van der Waals surface area contributed by atoms with Crippen molar-refractivity contribution in [1.82, 2.24) is 9.78 Å². The van der Waals surface area contributed by atoms with Crippen molar-refractivity contribution >= 4 is 5.97 Å². The number of fused-ring (bicyclic) bond motifs is 1. The maximum Gasteiger partial charge on any atom is 0.354 e. The Morgan fingerprint density at radius 2 is 2.23 bits per heavy atom. The molecule has 0 aromatic carbocycles. The second kappa shape index (κ2) is 2.73. The minimum Gasteiger partial charge on any atom is -0.477 e. The van der Waals surface area contributed by atoms with Crippen LogP contribution in [0.4, 0.5) is 0 Å². The highest BCUT2D eigenvalue weighted by Crippen LogP contribution is 2.19. The van der Waals surface area contributed by atoms with Gasteiger partial charge in [0.2, 0.25) is 0 Å². The van der Waals surface area contributed by atoms with Gasteiger partial charge in [-0.1, -0.05) is 12.2 Å². The number of carbonyl (C=O) groups is 1. The SMILES string of the molecule is Cn1nc2c(c1C(=O)O)CC=CC2. The van der Waals surface area contributed by atoms with Gasteiger partial charge in [-0.05, 0) is 6.42 Å². The second-order valence-corrected chi connectivity index (χ2v) is 3.08. The summed E-state index contributed by atoms with van der Waals surface area (Å²) in [5.74, 6) is -0.897. The van der Waals surface area contributed by atoms with Gasteiger partial charge in [0.05, 0.1) is 5.69 Å². The summed E-state index contributed by atoms with van der Waals surface area (Å²) in [5, 5.41) is 13.1. The van der Waals surface area contributed by atoms with Crippen molar-refractivity contribution in [3.63, 3.8) is 0 Å². The number of aryl methyl sites for hydroxylation is 1. The number of carboxylic acids is 1. The van der Waals surface area contributed by atoms with Crippen LogP contribution in [0.5, 0.6) is 0 Å². The molecule has 0 unspecified atom stereocenters. The van der Waals surface area contributed by atoms with E-state index in [1.165, 1.54) is 4.68 Å². The third kappa shape index (κ3) is 1.14. The van der Waals surface area contributed by atoms with E-state index in [1.807, 2.05) is 12.2 Å². The van der Waals surface area contributed by atoms with Crippen LogP contribution in [-0.4, -0.2) is 20.9 Å². The smallest absolute Gasteiger partial charge is 0.354 e. The Bertz CT molecular complexity index is 391. The molecule has 0 aliphatic heterocycles. The topological polar surface area (TPSA) is 55.1 Å². The van der Waals surface area contributed by atoms with Crippen LogP contribution in [0.1, 0.15) is 21.7 Å². The van der Waals surface area contributed by atoms with Crippen LogP contribution >= 0.6 is 0 Å². The Morgan fingerprint density at radius 3 is 2.92 bits per heavy atom. The van der Waals surface area contributed by atoms with Gasteiger partial charge in [0.1, 0.15) is 5.69 Å². The average molecular weight is 178 g/mol. The molecule has 68 valence electrons. The molecule has 13 heavy (non-hydrogen) atoms. The third-order valence-electron chi connectivity index (χ3n) is 2.23. The fourth-order valence-corrected chi connectivity index (χ4v) is 1.67. The van der Waals surface area contributed by atoms with Crippen LogP contribution in [0, 0.1) is 0 Å². The zero-order valence-corrected chi connectivity index (χ0v) is 7.32. The van der Waals surface area contributed by atoms with E-state index in [1.54, 1.807) is 7.05 Å². The second-order valence-electron chi connectivity index (χ2n) is 3.08. The highest BCUT2D eigenvalue weighted by Gasteiger charge is 2.20. The largest absolute Gasteiger partial charge is 0.477 e. The molecule has 4 nitrogen and oxygen atoms in total. The van der Waals surface area contributed by atoms with Crippen LogP contribution in [0.25, 0.3) is 0 Å².